The van der Waals surface area contributed by atoms with Crippen LogP contribution in [0.2, 0.25) is 0 Å². The van der Waals surface area contributed by atoms with E-state index in [-0.39, 0.29) is 5.91 Å². The van der Waals surface area contributed by atoms with Gasteiger partial charge >= 0.3 is 0 Å². The maximum atomic E-state index is 12.9. The molecule has 0 atom stereocenters. The van der Waals surface area contributed by atoms with Gasteiger partial charge in [-0.05, 0) is 31.2 Å². The van der Waals surface area contributed by atoms with Crippen molar-refractivity contribution in [3.8, 4) is 0 Å². The maximum Gasteiger partial charge on any atom is 0.256 e. The SMILES string of the molecule is CCN(CCSc1ccccc1)C(=O)c1cccc2nccnc12. The van der Waals surface area contributed by atoms with E-state index in [1.165, 1.54) is 4.90 Å². The summed E-state index contributed by atoms with van der Waals surface area (Å²) in [6, 6.07) is 15.8. The summed E-state index contributed by atoms with van der Waals surface area (Å²) in [5.41, 5.74) is 2.03. The highest BCUT2D eigenvalue weighted by molar-refractivity contribution is 7.99. The van der Waals surface area contributed by atoms with Crippen molar-refractivity contribution in [2.45, 2.75) is 11.8 Å². The summed E-state index contributed by atoms with van der Waals surface area (Å²) in [6.45, 7) is 3.37. The third kappa shape index (κ3) is 3.74. The van der Waals surface area contributed by atoms with E-state index >= 15 is 0 Å². The van der Waals surface area contributed by atoms with Crippen molar-refractivity contribution < 1.29 is 4.79 Å². The number of thioether (sulfide) groups is 1. The molecule has 3 rings (SSSR count). The Morgan fingerprint density at radius 2 is 1.83 bits per heavy atom. The number of rotatable bonds is 6. The summed E-state index contributed by atoms with van der Waals surface area (Å²) in [7, 11) is 0. The fraction of sp³-hybridized carbons (Fsp3) is 0.211. The molecule has 1 heterocycles. The van der Waals surface area contributed by atoms with Crippen molar-refractivity contribution in [2.24, 2.45) is 0 Å². The third-order valence-corrected chi connectivity index (χ3v) is 4.76. The zero-order valence-corrected chi connectivity index (χ0v) is 14.4. The van der Waals surface area contributed by atoms with Crippen LogP contribution in [-0.4, -0.2) is 39.6 Å². The highest BCUT2D eigenvalue weighted by atomic mass is 32.2. The number of fused-ring (bicyclic) bond motifs is 1. The molecule has 0 saturated heterocycles. The minimum atomic E-state index is 0.0114. The van der Waals surface area contributed by atoms with Crippen LogP contribution in [0.15, 0.2) is 65.8 Å². The van der Waals surface area contributed by atoms with Crippen LogP contribution in [0, 0.1) is 0 Å². The number of aromatic nitrogens is 2. The van der Waals surface area contributed by atoms with E-state index in [4.69, 9.17) is 0 Å². The van der Waals surface area contributed by atoms with Crippen LogP contribution in [0.5, 0.6) is 0 Å². The summed E-state index contributed by atoms with van der Waals surface area (Å²) in [5.74, 6) is 0.873. The van der Waals surface area contributed by atoms with Gasteiger partial charge in [0.25, 0.3) is 5.91 Å². The first-order chi connectivity index (χ1) is 11.8. The van der Waals surface area contributed by atoms with Gasteiger partial charge in [-0.25, -0.2) is 0 Å². The molecule has 1 aromatic heterocycles. The standard InChI is InChI=1S/C19H19N3OS/c1-2-22(13-14-24-15-7-4-3-5-8-15)19(23)16-9-6-10-17-18(16)21-12-11-20-17/h3-12H,2,13-14H2,1H3. The highest BCUT2D eigenvalue weighted by Crippen LogP contribution is 2.19. The van der Waals surface area contributed by atoms with E-state index in [2.05, 4.69) is 22.1 Å². The average Bonchev–Trinajstić information content (AvgIpc) is 2.65. The number of para-hydroxylation sites is 1. The molecule has 4 nitrogen and oxygen atoms in total. The van der Waals surface area contributed by atoms with Gasteiger partial charge in [0, 0.05) is 36.1 Å². The molecule has 122 valence electrons. The first kappa shape index (κ1) is 16.5. The molecule has 0 saturated carbocycles. The summed E-state index contributed by atoms with van der Waals surface area (Å²) in [4.78, 5) is 24.6. The molecule has 0 spiro atoms. The van der Waals surface area contributed by atoms with Gasteiger partial charge in [-0.2, -0.15) is 0 Å². The minimum Gasteiger partial charge on any atom is -0.338 e. The molecule has 2 aromatic carbocycles. The van der Waals surface area contributed by atoms with Crippen molar-refractivity contribution >= 4 is 28.7 Å². The smallest absolute Gasteiger partial charge is 0.256 e. The molecule has 0 unspecified atom stereocenters. The second-order valence-corrected chi connectivity index (χ2v) is 6.44. The van der Waals surface area contributed by atoms with Gasteiger partial charge in [-0.1, -0.05) is 24.3 Å². The Morgan fingerprint density at radius 1 is 1.04 bits per heavy atom. The quantitative estimate of drug-likeness (QED) is 0.640. The van der Waals surface area contributed by atoms with Crippen LogP contribution in [-0.2, 0) is 0 Å². The fourth-order valence-electron chi connectivity index (χ4n) is 2.53. The highest BCUT2D eigenvalue weighted by Gasteiger charge is 2.17. The lowest BCUT2D eigenvalue weighted by Crippen LogP contribution is -2.33. The van der Waals surface area contributed by atoms with Gasteiger partial charge in [0.2, 0.25) is 0 Å². The largest absolute Gasteiger partial charge is 0.338 e. The number of benzene rings is 2. The predicted octanol–water partition coefficient (Wildman–Crippen LogP) is 3.88. The topological polar surface area (TPSA) is 46.1 Å². The first-order valence-corrected chi connectivity index (χ1v) is 8.95. The van der Waals surface area contributed by atoms with Gasteiger partial charge in [-0.15, -0.1) is 11.8 Å². The molecule has 0 fully saturated rings. The van der Waals surface area contributed by atoms with Crippen LogP contribution in [0.4, 0.5) is 0 Å². The zero-order chi connectivity index (χ0) is 16.8. The van der Waals surface area contributed by atoms with E-state index in [1.807, 2.05) is 48.2 Å². The van der Waals surface area contributed by atoms with Crippen molar-refractivity contribution in [2.75, 3.05) is 18.8 Å². The molecule has 0 bridgehead atoms. The Hall–Kier alpha value is -2.40. The van der Waals surface area contributed by atoms with Crippen molar-refractivity contribution in [1.82, 2.24) is 14.9 Å². The van der Waals surface area contributed by atoms with Crippen LogP contribution in [0.3, 0.4) is 0 Å². The fourth-order valence-corrected chi connectivity index (χ4v) is 3.43. The van der Waals surface area contributed by atoms with Crippen LogP contribution < -0.4 is 0 Å². The molecule has 1 amide bonds. The van der Waals surface area contributed by atoms with Crippen molar-refractivity contribution in [3.63, 3.8) is 0 Å². The van der Waals surface area contributed by atoms with E-state index in [0.29, 0.717) is 24.2 Å². The lowest BCUT2D eigenvalue weighted by Gasteiger charge is -2.21. The summed E-state index contributed by atoms with van der Waals surface area (Å²) >= 11 is 1.76. The number of carbonyl (C=O) groups excluding carboxylic acids is 1. The molecule has 24 heavy (non-hydrogen) atoms. The maximum absolute atomic E-state index is 12.9. The number of nitrogens with zero attached hydrogens (tertiary/aromatic N) is 3. The molecule has 0 aliphatic rings. The van der Waals surface area contributed by atoms with Gasteiger partial charge < -0.3 is 4.90 Å². The van der Waals surface area contributed by atoms with Crippen LogP contribution in [0.1, 0.15) is 17.3 Å². The minimum absolute atomic E-state index is 0.0114. The zero-order valence-electron chi connectivity index (χ0n) is 13.6. The number of amides is 1. The molecular formula is C19H19N3OS. The van der Waals surface area contributed by atoms with Gasteiger partial charge in [0.1, 0.15) is 5.52 Å². The van der Waals surface area contributed by atoms with Gasteiger partial charge in [0.05, 0.1) is 11.1 Å². The molecule has 0 aliphatic carbocycles. The lowest BCUT2D eigenvalue weighted by molar-refractivity contribution is 0.0776. The number of hydrogen-bond acceptors (Lipinski definition) is 4. The monoisotopic (exact) mass is 337 g/mol. The molecule has 0 aliphatic heterocycles. The first-order valence-electron chi connectivity index (χ1n) is 7.96. The van der Waals surface area contributed by atoms with Crippen molar-refractivity contribution in [1.29, 1.82) is 0 Å². The van der Waals surface area contributed by atoms with E-state index in [0.717, 1.165) is 11.3 Å². The van der Waals surface area contributed by atoms with E-state index in [9.17, 15) is 4.79 Å². The molecule has 0 N–H and O–H groups in total. The molecule has 0 radical (unpaired) electrons. The molecular weight excluding hydrogens is 318 g/mol. The van der Waals surface area contributed by atoms with Gasteiger partial charge in [0.15, 0.2) is 0 Å². The third-order valence-electron chi connectivity index (χ3n) is 3.77. The molecule has 3 aromatic rings. The van der Waals surface area contributed by atoms with Crippen LogP contribution >= 0.6 is 11.8 Å². The Morgan fingerprint density at radius 3 is 2.62 bits per heavy atom. The number of carbonyl (C=O) groups is 1. The Kier molecular flexibility index (Phi) is 5.43. The summed E-state index contributed by atoms with van der Waals surface area (Å²) in [5, 5.41) is 0. The van der Waals surface area contributed by atoms with Crippen LogP contribution in [0.25, 0.3) is 11.0 Å². The molecule has 5 heteroatoms. The summed E-state index contributed by atoms with van der Waals surface area (Å²) in [6.07, 6.45) is 3.27. The Bertz CT molecular complexity index is 818. The predicted molar refractivity (Wildman–Crippen MR) is 98.3 cm³/mol. The normalized spacial score (nSPS) is 10.7. The van der Waals surface area contributed by atoms with Gasteiger partial charge in [-0.3, -0.25) is 14.8 Å². The van der Waals surface area contributed by atoms with Crippen molar-refractivity contribution in [3.05, 3.63) is 66.5 Å². The average molecular weight is 337 g/mol. The second kappa shape index (κ2) is 7.93. The Balaban J connectivity index is 1.71. The number of hydrogen-bond donors (Lipinski definition) is 0. The Labute approximate surface area is 145 Å². The second-order valence-electron chi connectivity index (χ2n) is 5.28. The van der Waals surface area contributed by atoms with E-state index in [1.54, 1.807) is 24.2 Å². The lowest BCUT2D eigenvalue weighted by atomic mass is 10.1. The summed E-state index contributed by atoms with van der Waals surface area (Å²) < 4.78 is 0. The van der Waals surface area contributed by atoms with E-state index < -0.39 is 0 Å².